The molecule has 38 heavy (non-hydrogen) atoms. The zero-order chi connectivity index (χ0) is 26.6. The van der Waals surface area contributed by atoms with E-state index in [2.05, 4.69) is 27.2 Å². The third-order valence-corrected chi connectivity index (χ3v) is 7.75. The second-order valence-corrected chi connectivity index (χ2v) is 10.4. The lowest BCUT2D eigenvalue weighted by Crippen LogP contribution is -2.42. The quantitative estimate of drug-likeness (QED) is 0.267. The van der Waals surface area contributed by atoms with Crippen LogP contribution >= 0.6 is 0 Å². The maximum atomic E-state index is 13.2. The van der Waals surface area contributed by atoms with Crippen molar-refractivity contribution in [3.8, 4) is 34.0 Å². The van der Waals surface area contributed by atoms with Gasteiger partial charge < -0.3 is 9.32 Å². The molecule has 1 saturated carbocycles. The Morgan fingerprint density at radius 2 is 1.66 bits per heavy atom. The van der Waals surface area contributed by atoms with Gasteiger partial charge in [-0.25, -0.2) is 0 Å². The van der Waals surface area contributed by atoms with E-state index >= 15 is 0 Å². The number of alkyl halides is 3. The first kappa shape index (κ1) is 24.6. The lowest BCUT2D eigenvalue weighted by atomic mass is 9.80. The van der Waals surface area contributed by atoms with Crippen LogP contribution in [0.5, 0.6) is 0 Å². The normalized spacial score (nSPS) is 19.3. The van der Waals surface area contributed by atoms with Crippen molar-refractivity contribution in [2.24, 2.45) is 5.92 Å². The van der Waals surface area contributed by atoms with E-state index in [1.54, 1.807) is 6.07 Å². The molecule has 0 atom stereocenters. The summed E-state index contributed by atoms with van der Waals surface area (Å²) in [6.07, 6.45) is -1.47. The Bertz CT molecular complexity index is 1510. The number of hydrogen-bond donors (Lipinski definition) is 0. The lowest BCUT2D eigenvalue weighted by Gasteiger charge is -2.38. The summed E-state index contributed by atoms with van der Waals surface area (Å²) in [7, 11) is 0. The van der Waals surface area contributed by atoms with Crippen LogP contribution in [0.4, 0.5) is 13.2 Å². The van der Waals surface area contributed by atoms with E-state index in [0.717, 1.165) is 66.1 Å². The smallest absolute Gasteiger partial charge is 0.334 e. The second kappa shape index (κ2) is 9.20. The molecule has 0 radical (unpaired) electrons. The maximum Gasteiger partial charge on any atom is 0.416 e. The molecule has 3 aromatic carbocycles. The van der Waals surface area contributed by atoms with Crippen LogP contribution in [-0.2, 0) is 24.1 Å². The number of aldehydes is 1. The van der Waals surface area contributed by atoms with Gasteiger partial charge in [0.1, 0.15) is 6.29 Å². The van der Waals surface area contributed by atoms with Crippen LogP contribution in [0.1, 0.15) is 40.7 Å². The summed E-state index contributed by atoms with van der Waals surface area (Å²) in [5.74, 6) is 1.05. The number of rotatable bonds is 5. The van der Waals surface area contributed by atoms with Gasteiger partial charge in [0.15, 0.2) is 0 Å². The summed E-state index contributed by atoms with van der Waals surface area (Å²) in [6.45, 7) is 5.48. The molecule has 0 bridgehead atoms. The van der Waals surface area contributed by atoms with Gasteiger partial charge in [-0.2, -0.15) is 18.2 Å². The fraction of sp³-hybridized carbons (Fsp3) is 0.300. The highest BCUT2D eigenvalue weighted by atomic mass is 19.4. The van der Waals surface area contributed by atoms with Gasteiger partial charge in [0, 0.05) is 36.2 Å². The van der Waals surface area contributed by atoms with Gasteiger partial charge in [-0.05, 0) is 90.4 Å². The van der Waals surface area contributed by atoms with Crippen molar-refractivity contribution in [3.63, 3.8) is 0 Å². The van der Waals surface area contributed by atoms with Crippen LogP contribution in [0.3, 0.4) is 0 Å². The fourth-order valence-electron chi connectivity index (χ4n) is 5.71. The molecule has 2 aliphatic rings. The Balaban J connectivity index is 1.24. The van der Waals surface area contributed by atoms with Crippen LogP contribution in [0.15, 0.2) is 59.1 Å². The third kappa shape index (κ3) is 4.43. The molecule has 5 nitrogen and oxygen atoms in total. The van der Waals surface area contributed by atoms with Crippen LogP contribution in [0, 0.1) is 19.8 Å². The van der Waals surface area contributed by atoms with Gasteiger partial charge in [0.05, 0.1) is 5.56 Å². The number of aryl methyl sites for hydroxylation is 2. The van der Waals surface area contributed by atoms with Crippen LogP contribution in [0.2, 0.25) is 0 Å². The summed E-state index contributed by atoms with van der Waals surface area (Å²) in [5.41, 5.74) is 6.36. The fourth-order valence-corrected chi connectivity index (χ4v) is 5.71. The van der Waals surface area contributed by atoms with Crippen molar-refractivity contribution in [2.75, 3.05) is 0 Å². The van der Waals surface area contributed by atoms with Gasteiger partial charge in [-0.1, -0.05) is 29.4 Å². The maximum absolute atomic E-state index is 13.2. The molecule has 1 fully saturated rings. The number of carbonyl (C=O) groups is 1. The van der Waals surface area contributed by atoms with Gasteiger partial charge in [-0.3, -0.25) is 4.90 Å². The Kier molecular flexibility index (Phi) is 5.94. The monoisotopic (exact) mass is 517 g/mol. The highest BCUT2D eigenvalue weighted by molar-refractivity contribution is 5.75. The number of carbonyl (C=O) groups excluding carboxylic acids is 1. The first-order valence-electron chi connectivity index (χ1n) is 12.6. The van der Waals surface area contributed by atoms with E-state index in [4.69, 9.17) is 4.52 Å². The van der Waals surface area contributed by atoms with Crippen LogP contribution in [-0.4, -0.2) is 27.4 Å². The average molecular weight is 518 g/mol. The molecule has 8 heteroatoms. The molecule has 0 N–H and O–H groups in total. The van der Waals surface area contributed by atoms with Gasteiger partial charge in [0.25, 0.3) is 5.89 Å². The van der Waals surface area contributed by atoms with E-state index in [9.17, 15) is 18.0 Å². The SMILES string of the molecule is Cc1cc(-c2nc(-c3ccc4c(c3)CN(C3CC(C=O)C3)C4)no2)cc(C)c1-c1cccc(C(F)(F)F)c1. The minimum absolute atomic E-state index is 0.198. The van der Waals surface area contributed by atoms with Crippen molar-refractivity contribution in [3.05, 3.63) is 82.4 Å². The average Bonchev–Trinajstić information content (AvgIpc) is 3.50. The summed E-state index contributed by atoms with van der Waals surface area (Å²) in [4.78, 5) is 18.0. The first-order valence-corrected chi connectivity index (χ1v) is 12.6. The molecule has 4 aromatic rings. The van der Waals surface area contributed by atoms with Crippen molar-refractivity contribution in [1.29, 1.82) is 0 Å². The molecular formula is C30H26F3N3O2. The summed E-state index contributed by atoms with van der Waals surface area (Å²) >= 11 is 0. The van der Waals surface area contributed by atoms with Gasteiger partial charge >= 0.3 is 6.18 Å². The number of hydrogen-bond acceptors (Lipinski definition) is 5. The highest BCUT2D eigenvalue weighted by Crippen LogP contribution is 2.38. The molecule has 0 spiro atoms. The summed E-state index contributed by atoms with van der Waals surface area (Å²) < 4.78 is 45.3. The Labute approximate surface area is 218 Å². The van der Waals surface area contributed by atoms with E-state index < -0.39 is 11.7 Å². The third-order valence-electron chi connectivity index (χ3n) is 7.75. The molecular weight excluding hydrogens is 491 g/mol. The Morgan fingerprint density at radius 3 is 2.37 bits per heavy atom. The van der Waals surface area contributed by atoms with Crippen molar-refractivity contribution >= 4 is 6.29 Å². The molecule has 6 rings (SSSR count). The van der Waals surface area contributed by atoms with E-state index in [1.165, 1.54) is 23.3 Å². The molecule has 0 unspecified atom stereocenters. The highest BCUT2D eigenvalue weighted by Gasteiger charge is 2.36. The molecule has 194 valence electrons. The van der Waals surface area contributed by atoms with E-state index in [1.807, 2.05) is 32.0 Å². The topological polar surface area (TPSA) is 59.2 Å². The predicted octanol–water partition coefficient (Wildman–Crippen LogP) is 7.00. The largest absolute Gasteiger partial charge is 0.416 e. The minimum Gasteiger partial charge on any atom is -0.334 e. The molecule has 1 aliphatic carbocycles. The van der Waals surface area contributed by atoms with E-state index in [0.29, 0.717) is 23.3 Å². The van der Waals surface area contributed by atoms with E-state index in [-0.39, 0.29) is 5.92 Å². The Hall–Kier alpha value is -3.78. The molecule has 0 saturated heterocycles. The zero-order valence-electron chi connectivity index (χ0n) is 21.0. The summed E-state index contributed by atoms with van der Waals surface area (Å²) in [5, 5.41) is 4.21. The number of fused-ring (bicyclic) bond motifs is 1. The van der Waals surface area contributed by atoms with Crippen LogP contribution < -0.4 is 0 Å². The lowest BCUT2D eigenvalue weighted by molar-refractivity contribution is -0.137. The molecule has 2 heterocycles. The Morgan fingerprint density at radius 1 is 0.921 bits per heavy atom. The number of halogens is 3. The number of benzene rings is 3. The predicted molar refractivity (Wildman–Crippen MR) is 137 cm³/mol. The molecule has 1 aromatic heterocycles. The number of nitrogens with zero attached hydrogens (tertiary/aromatic N) is 3. The van der Waals surface area contributed by atoms with Crippen molar-refractivity contribution < 1.29 is 22.5 Å². The standard InChI is InChI=1S/C30H26F3N3O2/c1-17-8-23(9-18(2)27(17)20-4-3-5-25(13-20)30(31,32)33)29-34-28(35-38-29)21-6-7-22-14-36(15-24(22)12-21)26-10-19(11-26)16-37/h3-9,12-13,16,19,26H,10-11,14-15H2,1-2H3. The second-order valence-electron chi connectivity index (χ2n) is 10.4. The van der Waals surface area contributed by atoms with Gasteiger partial charge in [-0.15, -0.1) is 0 Å². The van der Waals surface area contributed by atoms with Crippen LogP contribution in [0.25, 0.3) is 34.0 Å². The molecule has 1 aliphatic heterocycles. The number of aromatic nitrogens is 2. The molecule has 0 amide bonds. The minimum atomic E-state index is -4.40. The first-order chi connectivity index (χ1) is 18.2. The summed E-state index contributed by atoms with van der Waals surface area (Å²) in [6, 6.07) is 15.8. The van der Waals surface area contributed by atoms with Gasteiger partial charge in [0.2, 0.25) is 5.82 Å². The zero-order valence-corrected chi connectivity index (χ0v) is 21.0. The van der Waals surface area contributed by atoms with Crippen molar-refractivity contribution in [1.82, 2.24) is 15.0 Å². The van der Waals surface area contributed by atoms with Crippen molar-refractivity contribution in [2.45, 2.75) is 52.0 Å².